The predicted molar refractivity (Wildman–Crippen MR) is 87.8 cm³/mol. The highest BCUT2D eigenvalue weighted by molar-refractivity contribution is 7.98. The molecule has 112 valence electrons. The molecular formula is C13H12N6OS2. The van der Waals surface area contributed by atoms with E-state index in [9.17, 15) is 4.79 Å². The molecule has 3 rings (SSSR count). The van der Waals surface area contributed by atoms with E-state index in [-0.39, 0.29) is 5.82 Å². The van der Waals surface area contributed by atoms with Gasteiger partial charge in [0.2, 0.25) is 11.0 Å². The van der Waals surface area contributed by atoms with Gasteiger partial charge in [-0.15, -0.1) is 21.5 Å². The number of thioether (sulfide) groups is 1. The summed E-state index contributed by atoms with van der Waals surface area (Å²) in [5.74, 6) is 6.52. The van der Waals surface area contributed by atoms with Crippen molar-refractivity contribution < 1.29 is 0 Å². The van der Waals surface area contributed by atoms with Crippen LogP contribution in [0.15, 0.2) is 51.9 Å². The van der Waals surface area contributed by atoms with E-state index in [0.29, 0.717) is 16.0 Å². The lowest BCUT2D eigenvalue weighted by Crippen LogP contribution is -2.32. The molecule has 3 N–H and O–H groups in total. The molecule has 0 bridgehead atoms. The second kappa shape index (κ2) is 6.58. The van der Waals surface area contributed by atoms with Crippen molar-refractivity contribution in [3.63, 3.8) is 0 Å². The third-order valence-electron chi connectivity index (χ3n) is 2.73. The molecule has 3 aromatic rings. The molecule has 0 spiro atoms. The highest BCUT2D eigenvalue weighted by Gasteiger charge is 2.11. The molecule has 7 nitrogen and oxygen atoms in total. The first-order valence-electron chi connectivity index (χ1n) is 6.32. The van der Waals surface area contributed by atoms with E-state index in [2.05, 4.69) is 20.5 Å². The molecule has 0 aliphatic rings. The molecule has 0 radical (unpaired) electrons. The van der Waals surface area contributed by atoms with E-state index in [0.717, 1.165) is 10.2 Å². The summed E-state index contributed by atoms with van der Waals surface area (Å²) < 4.78 is 0.997. The lowest BCUT2D eigenvalue weighted by atomic mass is 10.2. The molecule has 0 saturated heterocycles. The van der Waals surface area contributed by atoms with Gasteiger partial charge in [-0.05, 0) is 5.56 Å². The van der Waals surface area contributed by atoms with Gasteiger partial charge in [-0.3, -0.25) is 4.79 Å². The van der Waals surface area contributed by atoms with Crippen molar-refractivity contribution in [1.82, 2.24) is 19.9 Å². The SMILES string of the molecule is Nn1c(SCc2ccccc2)nnc(Nc2nccs2)c1=O. The van der Waals surface area contributed by atoms with Crippen LogP contribution in [0.3, 0.4) is 0 Å². The number of anilines is 2. The van der Waals surface area contributed by atoms with Gasteiger partial charge >= 0.3 is 5.56 Å². The van der Waals surface area contributed by atoms with Crippen molar-refractivity contribution >= 4 is 34.0 Å². The van der Waals surface area contributed by atoms with Gasteiger partial charge in [0.05, 0.1) is 0 Å². The molecule has 1 aromatic carbocycles. The van der Waals surface area contributed by atoms with E-state index >= 15 is 0 Å². The minimum Gasteiger partial charge on any atom is -0.334 e. The summed E-state index contributed by atoms with van der Waals surface area (Å²) in [5, 5.41) is 13.4. The number of rotatable bonds is 5. The Morgan fingerprint density at radius 3 is 2.82 bits per heavy atom. The van der Waals surface area contributed by atoms with Crippen molar-refractivity contribution in [2.75, 3.05) is 11.2 Å². The Morgan fingerprint density at radius 2 is 2.09 bits per heavy atom. The molecule has 0 aliphatic heterocycles. The van der Waals surface area contributed by atoms with Gasteiger partial charge in [-0.2, -0.15) is 4.68 Å². The number of nitrogens with one attached hydrogen (secondary N) is 1. The van der Waals surface area contributed by atoms with Crippen LogP contribution in [0, 0.1) is 0 Å². The first-order chi connectivity index (χ1) is 10.7. The minimum atomic E-state index is -0.444. The monoisotopic (exact) mass is 332 g/mol. The second-order valence-corrected chi connectivity index (χ2v) is 6.08. The molecule has 2 heterocycles. The Morgan fingerprint density at radius 1 is 1.27 bits per heavy atom. The van der Waals surface area contributed by atoms with Crippen molar-refractivity contribution in [3.05, 3.63) is 57.8 Å². The normalized spacial score (nSPS) is 10.5. The molecule has 0 atom stereocenters. The smallest absolute Gasteiger partial charge is 0.316 e. The highest BCUT2D eigenvalue weighted by Crippen LogP contribution is 2.19. The zero-order chi connectivity index (χ0) is 15.4. The van der Waals surface area contributed by atoms with Crippen LogP contribution >= 0.6 is 23.1 Å². The first-order valence-corrected chi connectivity index (χ1v) is 8.18. The minimum absolute atomic E-state index is 0.0570. The zero-order valence-electron chi connectivity index (χ0n) is 11.3. The van der Waals surface area contributed by atoms with Gasteiger partial charge in [0, 0.05) is 17.3 Å². The van der Waals surface area contributed by atoms with Crippen molar-refractivity contribution in [2.45, 2.75) is 10.9 Å². The van der Waals surface area contributed by atoms with Gasteiger partial charge in [-0.25, -0.2) is 4.98 Å². The fourth-order valence-electron chi connectivity index (χ4n) is 1.67. The average molecular weight is 332 g/mol. The Balaban J connectivity index is 1.76. The summed E-state index contributed by atoms with van der Waals surface area (Å²) in [6, 6.07) is 9.86. The molecule has 0 unspecified atom stereocenters. The molecule has 0 fully saturated rings. The fourth-order valence-corrected chi connectivity index (χ4v) is 3.01. The molecular weight excluding hydrogens is 320 g/mol. The van der Waals surface area contributed by atoms with E-state index in [4.69, 9.17) is 5.84 Å². The van der Waals surface area contributed by atoms with Gasteiger partial charge in [-0.1, -0.05) is 42.1 Å². The number of nitrogens with zero attached hydrogens (tertiary/aromatic N) is 4. The molecule has 2 aromatic heterocycles. The molecule has 0 aliphatic carbocycles. The van der Waals surface area contributed by atoms with Crippen LogP contribution in [0.25, 0.3) is 0 Å². The Hall–Kier alpha value is -2.39. The number of thiazole rings is 1. The Bertz CT molecular complexity index is 803. The van der Waals surface area contributed by atoms with Crippen LogP contribution in [0.1, 0.15) is 5.56 Å². The maximum absolute atomic E-state index is 12.2. The van der Waals surface area contributed by atoms with Crippen LogP contribution in [-0.2, 0) is 5.75 Å². The first kappa shape index (κ1) is 14.5. The molecule has 0 amide bonds. The van der Waals surface area contributed by atoms with Crippen LogP contribution in [0.2, 0.25) is 0 Å². The molecule has 9 heteroatoms. The second-order valence-electron chi connectivity index (χ2n) is 4.24. The topological polar surface area (TPSA) is 98.7 Å². The lowest BCUT2D eigenvalue weighted by Gasteiger charge is -2.07. The van der Waals surface area contributed by atoms with Crippen LogP contribution in [0.4, 0.5) is 10.9 Å². The summed E-state index contributed by atoms with van der Waals surface area (Å²) in [4.78, 5) is 16.2. The Kier molecular flexibility index (Phi) is 4.35. The molecule has 22 heavy (non-hydrogen) atoms. The van der Waals surface area contributed by atoms with Gasteiger partial charge < -0.3 is 11.2 Å². The van der Waals surface area contributed by atoms with Gasteiger partial charge in [0.15, 0.2) is 5.13 Å². The largest absolute Gasteiger partial charge is 0.334 e. The number of nitrogens with two attached hydrogens (primary N) is 1. The number of aromatic nitrogens is 4. The van der Waals surface area contributed by atoms with E-state index in [1.54, 1.807) is 11.6 Å². The van der Waals surface area contributed by atoms with Crippen LogP contribution in [0.5, 0.6) is 0 Å². The number of benzene rings is 1. The summed E-state index contributed by atoms with van der Waals surface area (Å²) in [6.07, 6.45) is 1.63. The van der Waals surface area contributed by atoms with Crippen molar-refractivity contribution in [2.24, 2.45) is 0 Å². The summed E-state index contributed by atoms with van der Waals surface area (Å²) in [6.45, 7) is 0. The number of hydrogen-bond donors (Lipinski definition) is 2. The highest BCUT2D eigenvalue weighted by atomic mass is 32.2. The van der Waals surface area contributed by atoms with Crippen LogP contribution in [-0.4, -0.2) is 19.9 Å². The van der Waals surface area contributed by atoms with Gasteiger partial charge in [0.1, 0.15) is 0 Å². The zero-order valence-corrected chi connectivity index (χ0v) is 13.0. The fraction of sp³-hybridized carbons (Fsp3) is 0.0769. The van der Waals surface area contributed by atoms with E-state index < -0.39 is 5.56 Å². The third kappa shape index (κ3) is 3.26. The average Bonchev–Trinajstić information content (AvgIpc) is 3.05. The quantitative estimate of drug-likeness (QED) is 0.543. The lowest BCUT2D eigenvalue weighted by molar-refractivity contribution is 0.704. The maximum atomic E-state index is 12.2. The standard InChI is InChI=1S/C13H12N6OS2/c14-19-11(20)10(16-12-15-6-7-21-12)17-18-13(19)22-8-9-4-2-1-3-5-9/h1-7H,8,14H2,(H,15,16,17). The van der Waals surface area contributed by atoms with E-state index in [1.165, 1.54) is 23.1 Å². The Labute approximate surface area is 134 Å². The van der Waals surface area contributed by atoms with Crippen molar-refractivity contribution in [1.29, 1.82) is 0 Å². The number of nitrogen functional groups attached to an aromatic ring is 1. The maximum Gasteiger partial charge on any atom is 0.316 e. The third-order valence-corrected chi connectivity index (χ3v) is 4.43. The van der Waals surface area contributed by atoms with Crippen molar-refractivity contribution in [3.8, 4) is 0 Å². The molecule has 0 saturated carbocycles. The predicted octanol–water partition coefficient (Wildman–Crippen LogP) is 1.84. The summed E-state index contributed by atoms with van der Waals surface area (Å²) >= 11 is 2.71. The summed E-state index contributed by atoms with van der Waals surface area (Å²) in [5.41, 5.74) is 0.674. The van der Waals surface area contributed by atoms with E-state index in [1.807, 2.05) is 30.3 Å². The van der Waals surface area contributed by atoms with Gasteiger partial charge in [0.25, 0.3) is 0 Å². The summed E-state index contributed by atoms with van der Waals surface area (Å²) in [7, 11) is 0. The van der Waals surface area contributed by atoms with Crippen LogP contribution < -0.4 is 16.7 Å². The number of hydrogen-bond acceptors (Lipinski definition) is 8.